The number of aromatic nitrogens is 5. The van der Waals surface area contributed by atoms with Crippen LogP contribution in [0.2, 0.25) is 5.02 Å². The number of ether oxygens (including phenoxy) is 2. The van der Waals surface area contributed by atoms with Gasteiger partial charge < -0.3 is 25.6 Å². The van der Waals surface area contributed by atoms with Crippen molar-refractivity contribution in [2.75, 3.05) is 20.3 Å². The number of benzene rings is 2. The van der Waals surface area contributed by atoms with Gasteiger partial charge in [0.25, 0.3) is 5.91 Å². The molecular formula is C36H34ClF2N7O5. The van der Waals surface area contributed by atoms with Crippen molar-refractivity contribution < 1.29 is 33.0 Å². The number of primary amides is 1. The lowest BCUT2D eigenvalue weighted by molar-refractivity contribution is -0.117. The Kier molecular flexibility index (Phi) is 9.06. The lowest BCUT2D eigenvalue weighted by Crippen LogP contribution is -2.42. The molecule has 0 radical (unpaired) electrons. The van der Waals surface area contributed by atoms with Crippen LogP contribution in [0.5, 0.6) is 11.5 Å². The molecule has 2 aliphatic rings. The second kappa shape index (κ2) is 13.5. The highest BCUT2D eigenvalue weighted by Gasteiger charge is 2.38. The van der Waals surface area contributed by atoms with E-state index in [1.54, 1.807) is 19.1 Å². The average molecular weight is 718 g/mol. The molecule has 4 N–H and O–H groups in total. The minimum Gasteiger partial charge on any atom is -0.494 e. The van der Waals surface area contributed by atoms with Crippen molar-refractivity contribution in [3.05, 3.63) is 93.8 Å². The van der Waals surface area contributed by atoms with Gasteiger partial charge in [0.1, 0.15) is 40.2 Å². The van der Waals surface area contributed by atoms with Gasteiger partial charge in [0, 0.05) is 58.2 Å². The molecular weight excluding hydrogens is 684 g/mol. The number of carbonyl (C=O) groups excluding carboxylic acids is 2. The molecule has 2 aliphatic carbocycles. The molecule has 5 aromatic rings. The SMILES string of the molecule is CCOc1c(CC(N)=O)cc([C@@](O)(CNC(=O)c2cc(OC)c3nn(C4CC4)cc3c2)c2cnc(C3CC3)nc2)nc1-c1cc(Cl)c(F)cc1F. The fourth-order valence-electron chi connectivity index (χ4n) is 6.00. The van der Waals surface area contributed by atoms with Crippen molar-refractivity contribution in [3.8, 4) is 22.8 Å². The number of fused-ring (bicyclic) bond motifs is 1. The number of halogens is 3. The molecule has 15 heteroatoms. The van der Waals surface area contributed by atoms with E-state index in [1.807, 2.05) is 10.9 Å². The van der Waals surface area contributed by atoms with Gasteiger partial charge in [-0.25, -0.2) is 23.7 Å². The van der Waals surface area contributed by atoms with Gasteiger partial charge in [-0.15, -0.1) is 0 Å². The Hall–Kier alpha value is -5.21. The molecule has 0 saturated heterocycles. The van der Waals surface area contributed by atoms with E-state index < -0.39 is 35.6 Å². The monoisotopic (exact) mass is 717 g/mol. The Morgan fingerprint density at radius 3 is 2.49 bits per heavy atom. The molecule has 0 unspecified atom stereocenters. The number of hydrogen-bond donors (Lipinski definition) is 3. The highest BCUT2D eigenvalue weighted by Crippen LogP contribution is 2.41. The number of carbonyl (C=O) groups is 2. The number of amides is 2. The van der Waals surface area contributed by atoms with Gasteiger partial charge in [-0.2, -0.15) is 5.10 Å². The Balaban J connectivity index is 1.34. The Morgan fingerprint density at radius 2 is 1.84 bits per heavy atom. The topological polar surface area (TPSA) is 167 Å². The summed E-state index contributed by atoms with van der Waals surface area (Å²) in [5.41, 5.74) is 4.07. The summed E-state index contributed by atoms with van der Waals surface area (Å²) < 4.78 is 43.0. The summed E-state index contributed by atoms with van der Waals surface area (Å²) in [5, 5.41) is 20.4. The second-order valence-electron chi connectivity index (χ2n) is 12.8. The summed E-state index contributed by atoms with van der Waals surface area (Å²) >= 11 is 6.07. The lowest BCUT2D eigenvalue weighted by Gasteiger charge is -2.30. The van der Waals surface area contributed by atoms with E-state index >= 15 is 4.39 Å². The van der Waals surface area contributed by atoms with Crippen molar-refractivity contribution in [1.82, 2.24) is 30.0 Å². The number of nitrogens with two attached hydrogens (primary N) is 1. The number of pyridine rings is 1. The summed E-state index contributed by atoms with van der Waals surface area (Å²) in [5.74, 6) is -2.10. The van der Waals surface area contributed by atoms with Crippen LogP contribution in [0.4, 0.5) is 8.78 Å². The number of nitrogens with zero attached hydrogens (tertiary/aromatic N) is 5. The normalized spacial score (nSPS) is 15.4. The van der Waals surface area contributed by atoms with Crippen LogP contribution in [0.25, 0.3) is 22.2 Å². The van der Waals surface area contributed by atoms with Crippen molar-refractivity contribution >= 4 is 34.3 Å². The quantitative estimate of drug-likeness (QED) is 0.140. The van der Waals surface area contributed by atoms with Gasteiger partial charge in [0.15, 0.2) is 5.60 Å². The largest absolute Gasteiger partial charge is 0.494 e. The van der Waals surface area contributed by atoms with E-state index in [0.29, 0.717) is 34.6 Å². The fraction of sp³-hybridized carbons (Fsp3) is 0.333. The van der Waals surface area contributed by atoms with Gasteiger partial charge in [0.05, 0.1) is 43.4 Å². The van der Waals surface area contributed by atoms with Gasteiger partial charge in [0.2, 0.25) is 5.91 Å². The van der Waals surface area contributed by atoms with Crippen LogP contribution < -0.4 is 20.5 Å². The third kappa shape index (κ3) is 6.80. The Bertz CT molecular complexity index is 2170. The predicted molar refractivity (Wildman–Crippen MR) is 183 cm³/mol. The van der Waals surface area contributed by atoms with E-state index in [4.69, 9.17) is 26.8 Å². The average Bonchev–Trinajstić information content (AvgIpc) is 4.06. The van der Waals surface area contributed by atoms with E-state index in [0.717, 1.165) is 31.7 Å². The van der Waals surface area contributed by atoms with Gasteiger partial charge in [-0.1, -0.05) is 11.6 Å². The molecule has 2 fully saturated rings. The van der Waals surface area contributed by atoms with Gasteiger partial charge in [-0.05, 0) is 56.9 Å². The van der Waals surface area contributed by atoms with E-state index in [9.17, 15) is 19.1 Å². The zero-order valence-electron chi connectivity index (χ0n) is 27.8. The van der Waals surface area contributed by atoms with Crippen molar-refractivity contribution in [2.45, 2.75) is 56.6 Å². The van der Waals surface area contributed by atoms with Crippen LogP contribution in [0, 0.1) is 11.6 Å². The molecule has 0 aliphatic heterocycles. The fourth-order valence-corrected chi connectivity index (χ4v) is 6.16. The minimum absolute atomic E-state index is 0.0134. The van der Waals surface area contributed by atoms with Crippen LogP contribution >= 0.6 is 11.6 Å². The first-order valence-electron chi connectivity index (χ1n) is 16.5. The van der Waals surface area contributed by atoms with Crippen LogP contribution in [0.1, 0.15) is 77.6 Å². The maximum absolute atomic E-state index is 15.4. The summed E-state index contributed by atoms with van der Waals surface area (Å²) in [7, 11) is 1.49. The summed E-state index contributed by atoms with van der Waals surface area (Å²) in [6, 6.07) is 6.60. The molecule has 264 valence electrons. The predicted octanol–water partition coefficient (Wildman–Crippen LogP) is 5.13. The summed E-state index contributed by atoms with van der Waals surface area (Å²) in [6.45, 7) is 1.29. The minimum atomic E-state index is -2.16. The highest BCUT2D eigenvalue weighted by molar-refractivity contribution is 6.31. The van der Waals surface area contributed by atoms with Crippen LogP contribution in [-0.2, 0) is 16.8 Å². The number of methoxy groups -OCH3 is 1. The first-order chi connectivity index (χ1) is 24.5. The number of nitrogens with one attached hydrogen (secondary N) is 1. The first kappa shape index (κ1) is 34.2. The Morgan fingerprint density at radius 1 is 1.10 bits per heavy atom. The van der Waals surface area contributed by atoms with E-state index in [2.05, 4.69) is 25.4 Å². The van der Waals surface area contributed by atoms with Gasteiger partial charge in [-0.3, -0.25) is 14.3 Å². The molecule has 2 amide bonds. The second-order valence-corrected chi connectivity index (χ2v) is 13.2. The summed E-state index contributed by atoms with van der Waals surface area (Å²) in [6.07, 6.45) is 8.30. The standard InChI is InChI=1S/C36H34ClF2N7O5/c1-3-51-33-19(11-30(40)47)10-29(44-32(33)24-12-25(37)27(39)13-26(24)38)36(49,22-14-41-34(42-15-22)18-4-5-18)17-43-35(48)20-8-21-16-46(23-6-7-23)45-31(21)28(9-20)50-2/h8-10,12-16,18,23,49H,3-7,11,17H2,1-2H3,(H2,40,47)(H,43,48)/t36-/m1/s1. The molecule has 2 aromatic carbocycles. The number of aliphatic hydroxyl groups is 1. The molecule has 7 rings (SSSR count). The van der Waals surface area contributed by atoms with Crippen LogP contribution in [0.3, 0.4) is 0 Å². The molecule has 3 heterocycles. The summed E-state index contributed by atoms with van der Waals surface area (Å²) in [4.78, 5) is 39.7. The highest BCUT2D eigenvalue weighted by atomic mass is 35.5. The van der Waals surface area contributed by atoms with Crippen LogP contribution in [-0.4, -0.2) is 61.9 Å². The van der Waals surface area contributed by atoms with Crippen molar-refractivity contribution in [3.63, 3.8) is 0 Å². The van der Waals surface area contributed by atoms with Gasteiger partial charge >= 0.3 is 0 Å². The van der Waals surface area contributed by atoms with E-state index in [1.165, 1.54) is 25.6 Å². The third-order valence-electron chi connectivity index (χ3n) is 8.98. The molecule has 1 atom stereocenters. The maximum Gasteiger partial charge on any atom is 0.251 e. The number of rotatable bonds is 13. The third-order valence-corrected chi connectivity index (χ3v) is 9.27. The lowest BCUT2D eigenvalue weighted by atomic mass is 9.89. The van der Waals surface area contributed by atoms with Crippen molar-refractivity contribution in [2.24, 2.45) is 5.73 Å². The molecule has 3 aromatic heterocycles. The first-order valence-corrected chi connectivity index (χ1v) is 16.9. The molecule has 0 spiro atoms. The van der Waals surface area contributed by atoms with E-state index in [-0.39, 0.29) is 63.4 Å². The molecule has 12 nitrogen and oxygen atoms in total. The Labute approximate surface area is 296 Å². The smallest absolute Gasteiger partial charge is 0.251 e. The zero-order chi connectivity index (χ0) is 36.0. The van der Waals surface area contributed by atoms with Crippen LogP contribution in [0.15, 0.2) is 48.9 Å². The molecule has 0 bridgehead atoms. The number of hydrogen-bond acceptors (Lipinski definition) is 9. The molecule has 2 saturated carbocycles. The van der Waals surface area contributed by atoms with Crippen molar-refractivity contribution in [1.29, 1.82) is 0 Å². The zero-order valence-corrected chi connectivity index (χ0v) is 28.5. The molecule has 51 heavy (non-hydrogen) atoms. The maximum atomic E-state index is 15.4.